The lowest BCUT2D eigenvalue weighted by Gasteiger charge is -2.73. The summed E-state index contributed by atoms with van der Waals surface area (Å²) in [6, 6.07) is 0. The molecule has 0 aromatic rings. The average Bonchev–Trinajstić information content (AvgIpc) is 2.33. The zero-order chi connectivity index (χ0) is 11.4. The molecule has 0 amide bonds. The van der Waals surface area contributed by atoms with Gasteiger partial charge in [0.15, 0.2) is 0 Å². The Labute approximate surface area is 112 Å². The van der Waals surface area contributed by atoms with Gasteiger partial charge in [-0.15, -0.1) is 6.42 Å². The fourth-order valence-corrected chi connectivity index (χ4v) is 8.14. The van der Waals surface area contributed by atoms with Gasteiger partial charge in [-0.25, -0.2) is 0 Å². The van der Waals surface area contributed by atoms with Gasteiger partial charge in [-0.1, -0.05) is 21.9 Å². The Morgan fingerprint density at radius 1 is 0.765 bits per heavy atom. The SMILES string of the molecule is C#CC12CC3C4CC5(Br)CC3C(C1)C(C5)C4C2. The van der Waals surface area contributed by atoms with Gasteiger partial charge in [0.1, 0.15) is 0 Å². The smallest absolute Gasteiger partial charge is 0.0320 e. The van der Waals surface area contributed by atoms with Crippen molar-refractivity contribution < 1.29 is 0 Å². The van der Waals surface area contributed by atoms with Crippen molar-refractivity contribution in [2.45, 2.75) is 42.8 Å². The largest absolute Gasteiger partial charge is 0.120 e. The molecule has 1 heteroatoms. The lowest BCUT2D eigenvalue weighted by Crippen LogP contribution is -2.67. The molecule has 7 saturated carbocycles. The van der Waals surface area contributed by atoms with Gasteiger partial charge < -0.3 is 0 Å². The first-order chi connectivity index (χ1) is 8.13. The van der Waals surface area contributed by atoms with Crippen LogP contribution in [0.1, 0.15) is 38.5 Å². The van der Waals surface area contributed by atoms with Crippen LogP contribution in [-0.2, 0) is 0 Å². The van der Waals surface area contributed by atoms with Gasteiger partial charge in [0, 0.05) is 9.74 Å². The highest BCUT2D eigenvalue weighted by molar-refractivity contribution is 9.10. The summed E-state index contributed by atoms with van der Waals surface area (Å²) in [5.74, 6) is 9.35. The summed E-state index contributed by atoms with van der Waals surface area (Å²) in [6.07, 6.45) is 14.4. The van der Waals surface area contributed by atoms with E-state index in [1.165, 1.54) is 38.5 Å². The van der Waals surface area contributed by atoms with Gasteiger partial charge in [0.25, 0.3) is 0 Å². The molecule has 8 bridgehead atoms. The van der Waals surface area contributed by atoms with Crippen LogP contribution in [0.5, 0.6) is 0 Å². The summed E-state index contributed by atoms with van der Waals surface area (Å²) in [7, 11) is 0. The van der Waals surface area contributed by atoms with Crippen LogP contribution in [0.3, 0.4) is 0 Å². The van der Waals surface area contributed by atoms with E-state index in [9.17, 15) is 0 Å². The Morgan fingerprint density at radius 2 is 1.12 bits per heavy atom. The maximum atomic E-state index is 5.90. The minimum Gasteiger partial charge on any atom is -0.120 e. The molecule has 7 aliphatic carbocycles. The van der Waals surface area contributed by atoms with Crippen molar-refractivity contribution in [2.24, 2.45) is 40.9 Å². The standard InChI is InChI=1S/C16H19Br/c1-2-15-3-9-12-6-16(17)7-13(9)11(5-15)14(8-16)10(12)4-15/h1,9-14H,3-8H2. The molecule has 0 saturated heterocycles. The van der Waals surface area contributed by atoms with Crippen LogP contribution in [0.25, 0.3) is 0 Å². The molecule has 7 fully saturated rings. The van der Waals surface area contributed by atoms with E-state index in [0.717, 1.165) is 35.5 Å². The van der Waals surface area contributed by atoms with Crippen molar-refractivity contribution >= 4 is 15.9 Å². The lowest BCUT2D eigenvalue weighted by atomic mass is 9.33. The van der Waals surface area contributed by atoms with E-state index in [-0.39, 0.29) is 0 Å². The Bertz CT molecular complexity index is 380. The molecule has 90 valence electrons. The van der Waals surface area contributed by atoms with Gasteiger partial charge in [0.05, 0.1) is 0 Å². The fraction of sp³-hybridized carbons (Fsp3) is 0.875. The van der Waals surface area contributed by atoms with Crippen LogP contribution in [-0.4, -0.2) is 4.32 Å². The molecule has 0 spiro atoms. The maximum Gasteiger partial charge on any atom is 0.0320 e. The van der Waals surface area contributed by atoms with Crippen molar-refractivity contribution in [1.82, 2.24) is 0 Å². The van der Waals surface area contributed by atoms with Crippen molar-refractivity contribution in [3.63, 3.8) is 0 Å². The summed E-state index contributed by atoms with van der Waals surface area (Å²) in [5, 5.41) is 0. The van der Waals surface area contributed by atoms with Gasteiger partial charge >= 0.3 is 0 Å². The molecule has 0 nitrogen and oxygen atoms in total. The third-order valence-electron chi connectivity index (χ3n) is 7.29. The Kier molecular flexibility index (Phi) is 1.54. The minimum absolute atomic E-state index is 0.340. The number of terminal acetylenes is 1. The van der Waals surface area contributed by atoms with E-state index in [1.54, 1.807) is 0 Å². The molecule has 0 aromatic heterocycles. The molecule has 17 heavy (non-hydrogen) atoms. The predicted molar refractivity (Wildman–Crippen MR) is 71.6 cm³/mol. The molecule has 0 aromatic carbocycles. The second-order valence-electron chi connectivity index (χ2n) is 7.78. The Hall–Kier alpha value is 0.0400. The van der Waals surface area contributed by atoms with E-state index in [1.807, 2.05) is 0 Å². The highest BCUT2D eigenvalue weighted by atomic mass is 79.9. The summed E-state index contributed by atoms with van der Waals surface area (Å²) in [4.78, 5) is 0. The van der Waals surface area contributed by atoms with Crippen LogP contribution in [0, 0.1) is 53.3 Å². The lowest BCUT2D eigenvalue weighted by molar-refractivity contribution is -0.210. The van der Waals surface area contributed by atoms with E-state index >= 15 is 0 Å². The quantitative estimate of drug-likeness (QED) is 0.470. The minimum atomic E-state index is 0.340. The highest BCUT2D eigenvalue weighted by Gasteiger charge is 2.69. The van der Waals surface area contributed by atoms with Crippen LogP contribution in [0.4, 0.5) is 0 Å². The van der Waals surface area contributed by atoms with E-state index in [4.69, 9.17) is 6.42 Å². The first-order valence-corrected chi connectivity index (χ1v) is 8.09. The molecule has 7 rings (SSSR count). The molecule has 0 atom stereocenters. The second kappa shape index (κ2) is 2.64. The van der Waals surface area contributed by atoms with Crippen LogP contribution in [0.2, 0.25) is 0 Å². The van der Waals surface area contributed by atoms with Crippen LogP contribution >= 0.6 is 15.9 Å². The molecule has 7 aliphatic rings. The summed E-state index contributed by atoms with van der Waals surface area (Å²) < 4.78 is 0.546. The molecule has 0 N–H and O–H groups in total. The van der Waals surface area contributed by atoms with Gasteiger partial charge in [0.2, 0.25) is 0 Å². The monoisotopic (exact) mass is 290 g/mol. The van der Waals surface area contributed by atoms with Gasteiger partial charge in [-0.2, -0.15) is 0 Å². The molecule has 0 unspecified atom stereocenters. The van der Waals surface area contributed by atoms with E-state index in [2.05, 4.69) is 21.9 Å². The summed E-state index contributed by atoms with van der Waals surface area (Å²) in [6.45, 7) is 0. The number of halogens is 1. The van der Waals surface area contributed by atoms with Crippen LogP contribution < -0.4 is 0 Å². The number of rotatable bonds is 0. The maximum absolute atomic E-state index is 5.90. The highest BCUT2D eigenvalue weighted by Crippen LogP contribution is 2.76. The zero-order valence-electron chi connectivity index (χ0n) is 10.2. The number of hydrogen-bond donors (Lipinski definition) is 0. The van der Waals surface area contributed by atoms with Gasteiger partial charge in [-0.05, 0) is 74.0 Å². The number of hydrogen-bond acceptors (Lipinski definition) is 0. The van der Waals surface area contributed by atoms with Crippen molar-refractivity contribution in [1.29, 1.82) is 0 Å². The first-order valence-electron chi connectivity index (χ1n) is 7.30. The van der Waals surface area contributed by atoms with Crippen molar-refractivity contribution in [2.75, 3.05) is 0 Å². The zero-order valence-corrected chi connectivity index (χ0v) is 11.7. The van der Waals surface area contributed by atoms with Crippen molar-refractivity contribution in [3.8, 4) is 12.3 Å². The normalized spacial score (nSPS) is 69.6. The second-order valence-corrected chi connectivity index (χ2v) is 9.47. The Morgan fingerprint density at radius 3 is 1.47 bits per heavy atom. The van der Waals surface area contributed by atoms with Crippen molar-refractivity contribution in [3.05, 3.63) is 0 Å². The topological polar surface area (TPSA) is 0 Å². The molecule has 0 radical (unpaired) electrons. The molecular weight excluding hydrogens is 272 g/mol. The Balaban J connectivity index is 1.67. The van der Waals surface area contributed by atoms with E-state index in [0.29, 0.717) is 9.74 Å². The molecule has 0 heterocycles. The predicted octanol–water partition coefficient (Wildman–Crippen LogP) is 3.85. The summed E-state index contributed by atoms with van der Waals surface area (Å²) >= 11 is 4.10. The molecule has 0 aliphatic heterocycles. The average molecular weight is 291 g/mol. The number of alkyl halides is 1. The third-order valence-corrected chi connectivity index (χ3v) is 8.26. The van der Waals surface area contributed by atoms with E-state index < -0.39 is 0 Å². The first kappa shape index (κ1) is 9.90. The van der Waals surface area contributed by atoms with Crippen LogP contribution in [0.15, 0.2) is 0 Å². The fourth-order valence-electron chi connectivity index (χ4n) is 7.02. The third kappa shape index (κ3) is 0.972. The molecular formula is C16H19Br. The summed E-state index contributed by atoms with van der Waals surface area (Å²) in [5.41, 5.74) is 0.340. The van der Waals surface area contributed by atoms with Gasteiger partial charge in [-0.3, -0.25) is 0 Å².